The number of allylic oxidation sites excluding steroid dienone is 1. The number of ether oxygens (including phenoxy) is 3. The highest BCUT2D eigenvalue weighted by Crippen LogP contribution is 2.40. The van der Waals surface area contributed by atoms with E-state index in [0.29, 0.717) is 5.56 Å². The Morgan fingerprint density at radius 3 is 2.34 bits per heavy atom. The second-order valence-electron chi connectivity index (χ2n) is 7.10. The number of aromatic hydroxyl groups is 2. The molecule has 0 saturated carbocycles. The largest absolute Gasteiger partial charge is 0.508 e. The molecular weight excluding hydrogens is 424 g/mol. The molecule has 3 rings (SSSR count). The van der Waals surface area contributed by atoms with Crippen LogP contribution in [0.1, 0.15) is 15.9 Å². The first-order valence-electron chi connectivity index (χ1n) is 9.65. The highest BCUT2D eigenvalue weighted by atomic mass is 16.7. The highest BCUT2D eigenvalue weighted by molar-refractivity contribution is 6.09. The number of aliphatic hydroxyl groups excluding tert-OH is 4. The molecule has 6 N–H and O–H groups in total. The van der Waals surface area contributed by atoms with Crippen molar-refractivity contribution in [3.63, 3.8) is 0 Å². The SMILES string of the molecule is COc1c(O[C@@H]2OC(CO)[C@@H](O)[C@H](O)C2O)ccc(C(=O)/C=C/c2ccc(O)cc2)c1O. The average Bonchev–Trinajstić information content (AvgIpc) is 2.79. The van der Waals surface area contributed by atoms with Gasteiger partial charge >= 0.3 is 0 Å². The van der Waals surface area contributed by atoms with Gasteiger partial charge in [-0.1, -0.05) is 18.2 Å². The first-order chi connectivity index (χ1) is 15.3. The molecule has 2 aromatic carbocycles. The molecule has 1 aliphatic rings. The number of rotatable bonds is 7. The van der Waals surface area contributed by atoms with Crippen molar-refractivity contribution in [2.24, 2.45) is 0 Å². The summed E-state index contributed by atoms with van der Waals surface area (Å²) in [6, 6.07) is 8.74. The fraction of sp³-hybridized carbons (Fsp3) is 0.318. The Labute approximate surface area is 183 Å². The van der Waals surface area contributed by atoms with Crippen LogP contribution in [0, 0.1) is 0 Å². The van der Waals surface area contributed by atoms with Crippen LogP contribution >= 0.6 is 0 Å². The van der Waals surface area contributed by atoms with Crippen molar-refractivity contribution >= 4 is 11.9 Å². The number of hydrogen-bond acceptors (Lipinski definition) is 10. The third kappa shape index (κ3) is 4.85. The smallest absolute Gasteiger partial charge is 0.229 e. The molecule has 2 aromatic rings. The van der Waals surface area contributed by atoms with Gasteiger partial charge in [0.25, 0.3) is 0 Å². The van der Waals surface area contributed by atoms with Crippen molar-refractivity contribution in [1.29, 1.82) is 0 Å². The van der Waals surface area contributed by atoms with Crippen LogP contribution in [0.25, 0.3) is 6.08 Å². The predicted octanol–water partition coefficient (Wildman–Crippen LogP) is 0.181. The van der Waals surface area contributed by atoms with E-state index in [1.807, 2.05) is 0 Å². The number of benzene rings is 2. The fourth-order valence-electron chi connectivity index (χ4n) is 3.18. The van der Waals surface area contributed by atoms with Gasteiger partial charge in [-0.25, -0.2) is 0 Å². The van der Waals surface area contributed by atoms with Crippen LogP contribution in [0.15, 0.2) is 42.5 Å². The Balaban J connectivity index is 1.82. The van der Waals surface area contributed by atoms with Crippen molar-refractivity contribution in [2.45, 2.75) is 30.7 Å². The number of carbonyl (C=O) groups is 1. The summed E-state index contributed by atoms with van der Waals surface area (Å²) in [6.07, 6.45) is -4.78. The first-order valence-corrected chi connectivity index (χ1v) is 9.65. The van der Waals surface area contributed by atoms with Gasteiger partial charge < -0.3 is 44.8 Å². The van der Waals surface area contributed by atoms with Gasteiger partial charge in [0.15, 0.2) is 17.3 Å². The highest BCUT2D eigenvalue weighted by Gasteiger charge is 2.45. The molecule has 1 heterocycles. The molecule has 172 valence electrons. The quantitative estimate of drug-likeness (QED) is 0.254. The molecule has 2 unspecified atom stereocenters. The summed E-state index contributed by atoms with van der Waals surface area (Å²) in [6.45, 7) is -0.631. The average molecular weight is 448 g/mol. The summed E-state index contributed by atoms with van der Waals surface area (Å²) in [7, 11) is 1.23. The molecule has 5 atom stereocenters. The van der Waals surface area contributed by atoms with Crippen LogP contribution in [-0.2, 0) is 4.74 Å². The third-order valence-corrected chi connectivity index (χ3v) is 4.98. The maximum absolute atomic E-state index is 12.5. The van der Waals surface area contributed by atoms with Gasteiger partial charge in [0.2, 0.25) is 12.0 Å². The number of hydrogen-bond donors (Lipinski definition) is 6. The topological polar surface area (TPSA) is 166 Å². The van der Waals surface area contributed by atoms with Crippen molar-refractivity contribution < 1.29 is 49.6 Å². The van der Waals surface area contributed by atoms with Crippen LogP contribution < -0.4 is 9.47 Å². The lowest BCUT2D eigenvalue weighted by molar-refractivity contribution is -0.277. The molecule has 1 aliphatic heterocycles. The van der Waals surface area contributed by atoms with Gasteiger partial charge in [0.05, 0.1) is 19.3 Å². The summed E-state index contributed by atoms with van der Waals surface area (Å²) in [5.74, 6) is -1.28. The zero-order valence-corrected chi connectivity index (χ0v) is 17.0. The molecule has 0 aliphatic carbocycles. The van der Waals surface area contributed by atoms with Crippen LogP contribution in [0.3, 0.4) is 0 Å². The lowest BCUT2D eigenvalue weighted by Gasteiger charge is -2.39. The van der Waals surface area contributed by atoms with Crippen molar-refractivity contribution in [3.05, 3.63) is 53.6 Å². The van der Waals surface area contributed by atoms with Crippen LogP contribution in [-0.4, -0.2) is 80.8 Å². The molecule has 10 nitrogen and oxygen atoms in total. The standard InChI is InChI=1S/C22H24O10/c1-30-21-15(31-22-20(29)19(28)18(27)16(10-23)32-22)9-7-13(17(21)26)14(25)8-4-11-2-5-12(24)6-3-11/h2-9,16,18-20,22-24,26-29H,10H2,1H3/b8-4+/t16?,18-,19+,20?,22-/m1/s1. The number of phenols is 2. The Bertz CT molecular complexity index is 969. The lowest BCUT2D eigenvalue weighted by atomic mass is 9.99. The Hall–Kier alpha value is -3.15. The summed E-state index contributed by atoms with van der Waals surface area (Å²) in [5, 5.41) is 59.0. The van der Waals surface area contributed by atoms with Gasteiger partial charge in [-0.3, -0.25) is 4.79 Å². The molecular formula is C22H24O10. The Kier molecular flexibility index (Phi) is 7.33. The number of phenolic OH excluding ortho intramolecular Hbond substituents is 2. The minimum atomic E-state index is -1.66. The summed E-state index contributed by atoms with van der Waals surface area (Å²) in [5.41, 5.74) is 0.572. The molecule has 0 radical (unpaired) electrons. The van der Waals surface area contributed by atoms with Gasteiger partial charge in [-0.05, 0) is 35.9 Å². The summed E-state index contributed by atoms with van der Waals surface area (Å²) in [4.78, 5) is 12.5. The van der Waals surface area contributed by atoms with Crippen molar-refractivity contribution in [2.75, 3.05) is 13.7 Å². The van der Waals surface area contributed by atoms with E-state index in [9.17, 15) is 35.4 Å². The van der Waals surface area contributed by atoms with Gasteiger partial charge in [0, 0.05) is 0 Å². The van der Waals surface area contributed by atoms with E-state index in [0.717, 1.165) is 0 Å². The zero-order valence-electron chi connectivity index (χ0n) is 17.0. The van der Waals surface area contributed by atoms with E-state index in [4.69, 9.17) is 14.2 Å². The zero-order chi connectivity index (χ0) is 23.4. The minimum Gasteiger partial charge on any atom is -0.508 e. The van der Waals surface area contributed by atoms with E-state index in [1.165, 1.54) is 43.5 Å². The van der Waals surface area contributed by atoms with E-state index in [1.54, 1.807) is 12.1 Å². The van der Waals surface area contributed by atoms with Crippen LogP contribution in [0.5, 0.6) is 23.0 Å². The number of aliphatic hydroxyl groups is 4. The molecule has 0 spiro atoms. The van der Waals surface area contributed by atoms with Gasteiger partial charge in [-0.15, -0.1) is 0 Å². The lowest BCUT2D eigenvalue weighted by Crippen LogP contribution is -2.60. The summed E-state index contributed by atoms with van der Waals surface area (Å²) < 4.78 is 15.9. The normalized spacial score (nSPS) is 25.6. The third-order valence-electron chi connectivity index (χ3n) is 4.98. The van der Waals surface area contributed by atoms with Crippen LogP contribution in [0.4, 0.5) is 0 Å². The maximum Gasteiger partial charge on any atom is 0.229 e. The van der Waals surface area contributed by atoms with Crippen molar-refractivity contribution in [3.8, 4) is 23.0 Å². The molecule has 0 bridgehead atoms. The molecule has 0 amide bonds. The minimum absolute atomic E-state index is 0.0852. The van der Waals surface area contributed by atoms with Gasteiger partial charge in [0.1, 0.15) is 30.2 Å². The van der Waals surface area contributed by atoms with Gasteiger partial charge in [-0.2, -0.15) is 0 Å². The van der Waals surface area contributed by atoms with E-state index in [-0.39, 0.29) is 22.8 Å². The van der Waals surface area contributed by atoms with E-state index >= 15 is 0 Å². The molecule has 10 heteroatoms. The Morgan fingerprint density at radius 2 is 1.72 bits per heavy atom. The number of carbonyl (C=O) groups excluding carboxylic acids is 1. The Morgan fingerprint density at radius 1 is 1.03 bits per heavy atom. The monoisotopic (exact) mass is 448 g/mol. The van der Waals surface area contributed by atoms with Crippen LogP contribution in [0.2, 0.25) is 0 Å². The second kappa shape index (κ2) is 9.98. The van der Waals surface area contributed by atoms with Crippen molar-refractivity contribution in [1.82, 2.24) is 0 Å². The van der Waals surface area contributed by atoms with E-state index in [2.05, 4.69) is 0 Å². The number of methoxy groups -OCH3 is 1. The summed E-state index contributed by atoms with van der Waals surface area (Å²) >= 11 is 0. The second-order valence-corrected chi connectivity index (χ2v) is 7.10. The molecule has 32 heavy (non-hydrogen) atoms. The fourth-order valence-corrected chi connectivity index (χ4v) is 3.18. The van der Waals surface area contributed by atoms with E-state index < -0.39 is 48.8 Å². The maximum atomic E-state index is 12.5. The first kappa shape index (κ1) is 23.5. The molecule has 1 saturated heterocycles. The predicted molar refractivity (Wildman–Crippen MR) is 111 cm³/mol. The molecule has 1 fully saturated rings. The molecule has 0 aromatic heterocycles. The number of ketones is 1.